The van der Waals surface area contributed by atoms with E-state index in [1.807, 2.05) is 0 Å². The predicted octanol–water partition coefficient (Wildman–Crippen LogP) is 3.40. The largest absolute Gasteiger partial charge is 0.309 e. The number of aromatic nitrogens is 2. The fourth-order valence-electron chi connectivity index (χ4n) is 2.33. The van der Waals surface area contributed by atoms with Gasteiger partial charge in [0.15, 0.2) is 0 Å². The van der Waals surface area contributed by atoms with Gasteiger partial charge in [-0.05, 0) is 25.3 Å². The summed E-state index contributed by atoms with van der Waals surface area (Å²) in [5.41, 5.74) is 1.18. The molecule has 1 aromatic heterocycles. The summed E-state index contributed by atoms with van der Waals surface area (Å²) < 4.78 is 2.07. The van der Waals surface area contributed by atoms with Gasteiger partial charge in [-0.2, -0.15) is 5.10 Å². The molecule has 1 unspecified atom stereocenters. The maximum absolute atomic E-state index is 6.29. The molecule has 1 atom stereocenters. The summed E-state index contributed by atoms with van der Waals surface area (Å²) in [6, 6.07) is 0.369. The number of nitrogens with one attached hydrogen (secondary N) is 1. The molecule has 0 amide bonds. The first kappa shape index (κ1) is 12.9. The summed E-state index contributed by atoms with van der Waals surface area (Å²) in [5.74, 6) is 0.889. The molecule has 0 aromatic carbocycles. The van der Waals surface area contributed by atoms with Crippen molar-refractivity contribution in [3.05, 3.63) is 16.9 Å². The Labute approximate surface area is 109 Å². The normalized spacial score (nSPS) is 17.4. The Morgan fingerprint density at radius 2 is 2.29 bits per heavy atom. The third-order valence-electron chi connectivity index (χ3n) is 3.32. The van der Waals surface area contributed by atoms with Gasteiger partial charge in [0.2, 0.25) is 0 Å². The highest BCUT2D eigenvalue weighted by Crippen LogP contribution is 2.39. The molecular weight excluding hydrogens is 234 g/mol. The third kappa shape index (κ3) is 3.23. The number of rotatable bonds is 7. The van der Waals surface area contributed by atoms with Crippen molar-refractivity contribution in [3.63, 3.8) is 0 Å². The smallest absolute Gasteiger partial charge is 0.0834 e. The van der Waals surface area contributed by atoms with Gasteiger partial charge >= 0.3 is 0 Å². The first-order valence-electron chi connectivity index (χ1n) is 6.70. The van der Waals surface area contributed by atoms with E-state index in [1.165, 1.54) is 25.0 Å². The van der Waals surface area contributed by atoms with Crippen molar-refractivity contribution in [1.29, 1.82) is 0 Å². The van der Waals surface area contributed by atoms with Gasteiger partial charge in [0, 0.05) is 6.54 Å². The molecular formula is C13H22ClN3. The number of halogens is 1. The zero-order valence-corrected chi connectivity index (χ0v) is 11.5. The van der Waals surface area contributed by atoms with Crippen molar-refractivity contribution in [1.82, 2.24) is 15.1 Å². The number of aryl methyl sites for hydroxylation is 1. The lowest BCUT2D eigenvalue weighted by Gasteiger charge is -2.19. The summed E-state index contributed by atoms with van der Waals surface area (Å²) in [7, 11) is 0. The topological polar surface area (TPSA) is 29.9 Å². The lowest BCUT2D eigenvalue weighted by Crippen LogP contribution is -2.24. The molecule has 0 saturated heterocycles. The van der Waals surface area contributed by atoms with E-state index >= 15 is 0 Å². The standard InChI is InChI=1S/C13H22ClN3/c1-3-7-17-13(11(14)9-16-17)12(15-4-2)8-10-5-6-10/h9-10,12,15H,3-8H2,1-2H3. The van der Waals surface area contributed by atoms with Crippen molar-refractivity contribution in [2.45, 2.75) is 52.1 Å². The predicted molar refractivity (Wildman–Crippen MR) is 71.3 cm³/mol. The molecule has 1 heterocycles. The van der Waals surface area contributed by atoms with Gasteiger partial charge in [0.25, 0.3) is 0 Å². The van der Waals surface area contributed by atoms with Gasteiger partial charge in [-0.1, -0.05) is 38.3 Å². The molecule has 1 aromatic rings. The van der Waals surface area contributed by atoms with Crippen LogP contribution in [0.15, 0.2) is 6.20 Å². The van der Waals surface area contributed by atoms with Crippen LogP contribution < -0.4 is 5.32 Å². The number of hydrogen-bond acceptors (Lipinski definition) is 2. The van der Waals surface area contributed by atoms with Crippen LogP contribution in [0.4, 0.5) is 0 Å². The second-order valence-electron chi connectivity index (χ2n) is 4.89. The number of hydrogen-bond donors (Lipinski definition) is 1. The molecule has 0 bridgehead atoms. The van der Waals surface area contributed by atoms with Gasteiger partial charge in [-0.25, -0.2) is 0 Å². The van der Waals surface area contributed by atoms with Crippen LogP contribution in [0.5, 0.6) is 0 Å². The van der Waals surface area contributed by atoms with Gasteiger partial charge in [-0.15, -0.1) is 0 Å². The molecule has 1 aliphatic carbocycles. The maximum atomic E-state index is 6.29. The molecule has 0 radical (unpaired) electrons. The quantitative estimate of drug-likeness (QED) is 0.809. The second kappa shape index (κ2) is 5.87. The minimum atomic E-state index is 0.369. The average Bonchev–Trinajstić information content (AvgIpc) is 3.04. The van der Waals surface area contributed by atoms with E-state index in [0.717, 1.165) is 30.5 Å². The Kier molecular flexibility index (Phi) is 4.46. The Morgan fingerprint density at radius 3 is 2.88 bits per heavy atom. The van der Waals surface area contributed by atoms with Gasteiger partial charge < -0.3 is 5.32 Å². The molecule has 1 fully saturated rings. The van der Waals surface area contributed by atoms with Crippen molar-refractivity contribution in [2.75, 3.05) is 6.54 Å². The van der Waals surface area contributed by atoms with E-state index in [-0.39, 0.29) is 0 Å². The van der Waals surface area contributed by atoms with Crippen molar-refractivity contribution >= 4 is 11.6 Å². The highest BCUT2D eigenvalue weighted by Gasteiger charge is 2.28. The highest BCUT2D eigenvalue weighted by atomic mass is 35.5. The molecule has 4 heteroatoms. The Hall–Kier alpha value is -0.540. The Balaban J connectivity index is 2.16. The fourth-order valence-corrected chi connectivity index (χ4v) is 2.61. The van der Waals surface area contributed by atoms with Crippen LogP contribution in [0.3, 0.4) is 0 Å². The second-order valence-corrected chi connectivity index (χ2v) is 5.30. The molecule has 96 valence electrons. The van der Waals surface area contributed by atoms with Crippen molar-refractivity contribution in [2.24, 2.45) is 5.92 Å². The lowest BCUT2D eigenvalue weighted by molar-refractivity contribution is 0.440. The van der Waals surface area contributed by atoms with E-state index in [4.69, 9.17) is 11.6 Å². The van der Waals surface area contributed by atoms with E-state index in [1.54, 1.807) is 6.20 Å². The summed E-state index contributed by atoms with van der Waals surface area (Å²) in [5, 5.41) is 8.74. The molecule has 2 rings (SSSR count). The van der Waals surface area contributed by atoms with Crippen LogP contribution in [-0.2, 0) is 6.54 Å². The first-order chi connectivity index (χ1) is 8.26. The van der Waals surface area contributed by atoms with Gasteiger partial charge in [0.05, 0.1) is 23.0 Å². The summed E-state index contributed by atoms with van der Waals surface area (Å²) >= 11 is 6.29. The zero-order chi connectivity index (χ0) is 12.3. The molecule has 0 spiro atoms. The fraction of sp³-hybridized carbons (Fsp3) is 0.769. The average molecular weight is 256 g/mol. The van der Waals surface area contributed by atoms with Crippen LogP contribution in [0.1, 0.15) is 51.3 Å². The van der Waals surface area contributed by atoms with Crippen LogP contribution in [0, 0.1) is 5.92 Å². The molecule has 1 saturated carbocycles. The molecule has 17 heavy (non-hydrogen) atoms. The minimum Gasteiger partial charge on any atom is -0.309 e. The van der Waals surface area contributed by atoms with E-state index in [2.05, 4.69) is 28.9 Å². The number of nitrogens with zero attached hydrogens (tertiary/aromatic N) is 2. The van der Waals surface area contributed by atoms with Crippen LogP contribution in [0.2, 0.25) is 5.02 Å². The van der Waals surface area contributed by atoms with Gasteiger partial charge in [0.1, 0.15) is 0 Å². The SMILES string of the molecule is CCCn1ncc(Cl)c1C(CC1CC1)NCC. The monoisotopic (exact) mass is 255 g/mol. The van der Waals surface area contributed by atoms with Crippen molar-refractivity contribution in [3.8, 4) is 0 Å². The van der Waals surface area contributed by atoms with Crippen LogP contribution in [0.25, 0.3) is 0 Å². The minimum absolute atomic E-state index is 0.369. The summed E-state index contributed by atoms with van der Waals surface area (Å²) in [6.07, 6.45) is 6.82. The first-order valence-corrected chi connectivity index (χ1v) is 7.08. The molecule has 3 nitrogen and oxygen atoms in total. The summed E-state index contributed by atoms with van der Waals surface area (Å²) in [4.78, 5) is 0. The summed E-state index contributed by atoms with van der Waals surface area (Å²) in [6.45, 7) is 6.25. The zero-order valence-electron chi connectivity index (χ0n) is 10.7. The van der Waals surface area contributed by atoms with E-state index in [0.29, 0.717) is 6.04 Å². The molecule has 1 N–H and O–H groups in total. The van der Waals surface area contributed by atoms with Crippen LogP contribution in [-0.4, -0.2) is 16.3 Å². The van der Waals surface area contributed by atoms with Crippen LogP contribution >= 0.6 is 11.6 Å². The third-order valence-corrected chi connectivity index (χ3v) is 3.61. The molecule has 1 aliphatic rings. The molecule has 0 aliphatic heterocycles. The lowest BCUT2D eigenvalue weighted by atomic mass is 10.1. The Morgan fingerprint density at radius 1 is 1.53 bits per heavy atom. The van der Waals surface area contributed by atoms with E-state index < -0.39 is 0 Å². The van der Waals surface area contributed by atoms with E-state index in [9.17, 15) is 0 Å². The highest BCUT2D eigenvalue weighted by molar-refractivity contribution is 6.31. The Bertz CT molecular complexity index is 358. The van der Waals surface area contributed by atoms with Crippen molar-refractivity contribution < 1.29 is 0 Å². The maximum Gasteiger partial charge on any atom is 0.0834 e. The van der Waals surface area contributed by atoms with Gasteiger partial charge in [-0.3, -0.25) is 4.68 Å².